The number of nitrogens with zero attached hydrogens (tertiary/aromatic N) is 1. The lowest BCUT2D eigenvalue weighted by Crippen LogP contribution is -2.35. The monoisotopic (exact) mass is 524 g/mol. The fourth-order valence-electron chi connectivity index (χ4n) is 3.33. The molecule has 2 N–H and O–H groups in total. The molecular formula is C24H17BrN2O7. The number of halogens is 1. The van der Waals surface area contributed by atoms with E-state index in [1.54, 1.807) is 25.1 Å². The molecule has 2 heterocycles. The molecule has 0 aliphatic carbocycles. The van der Waals surface area contributed by atoms with Gasteiger partial charge in [0.2, 0.25) is 0 Å². The maximum Gasteiger partial charge on any atom is 0.338 e. The van der Waals surface area contributed by atoms with Crippen LogP contribution in [-0.2, 0) is 14.3 Å². The van der Waals surface area contributed by atoms with Crippen molar-refractivity contribution in [3.63, 3.8) is 0 Å². The van der Waals surface area contributed by atoms with Gasteiger partial charge in [0, 0.05) is 10.0 Å². The number of hydrogen-bond acceptors (Lipinski definition) is 6. The normalized spacial score (nSPS) is 14.4. The molecule has 3 aromatic rings. The number of aromatic carboxylic acids is 1. The van der Waals surface area contributed by atoms with Gasteiger partial charge in [-0.3, -0.25) is 15.0 Å². The second-order valence-electron chi connectivity index (χ2n) is 7.10. The number of esters is 1. The van der Waals surface area contributed by atoms with E-state index in [0.717, 1.165) is 5.01 Å². The van der Waals surface area contributed by atoms with Gasteiger partial charge in [-0.1, -0.05) is 15.9 Å². The summed E-state index contributed by atoms with van der Waals surface area (Å²) in [5.41, 5.74) is 3.37. The van der Waals surface area contributed by atoms with Gasteiger partial charge in [0.15, 0.2) is 0 Å². The van der Waals surface area contributed by atoms with Crippen LogP contribution < -0.4 is 10.4 Å². The van der Waals surface area contributed by atoms with Gasteiger partial charge in [-0.05, 0) is 67.6 Å². The van der Waals surface area contributed by atoms with Crippen molar-refractivity contribution in [3.05, 3.63) is 81.5 Å². The third kappa shape index (κ3) is 4.48. The van der Waals surface area contributed by atoms with Crippen molar-refractivity contribution in [2.75, 3.05) is 11.6 Å². The zero-order valence-corrected chi connectivity index (χ0v) is 19.3. The molecule has 2 amide bonds. The van der Waals surface area contributed by atoms with E-state index in [1.165, 1.54) is 42.5 Å². The van der Waals surface area contributed by atoms with Crippen molar-refractivity contribution >= 4 is 51.4 Å². The molecule has 0 bridgehead atoms. The second-order valence-corrected chi connectivity index (χ2v) is 8.02. The Balaban J connectivity index is 1.58. The fraction of sp³-hybridized carbons (Fsp3) is 0.0833. The van der Waals surface area contributed by atoms with E-state index in [2.05, 4.69) is 21.4 Å². The number of amides is 2. The first-order chi connectivity index (χ1) is 16.3. The maximum absolute atomic E-state index is 12.9. The van der Waals surface area contributed by atoms with Crippen LogP contribution in [0.2, 0.25) is 0 Å². The number of carbonyl (C=O) groups is 4. The Hall–Kier alpha value is -4.18. The molecule has 1 fully saturated rings. The van der Waals surface area contributed by atoms with E-state index >= 15 is 0 Å². The summed E-state index contributed by atoms with van der Waals surface area (Å²) in [6, 6.07) is 13.8. The zero-order chi connectivity index (χ0) is 24.4. The van der Waals surface area contributed by atoms with Gasteiger partial charge >= 0.3 is 11.9 Å². The SMILES string of the molecule is CCOC(=O)c1ccc(N2NC(=O)/C(=C/c3ccc(-c4ccc(Br)cc4C(=O)O)o3)C2=O)cc1. The smallest absolute Gasteiger partial charge is 0.338 e. The largest absolute Gasteiger partial charge is 0.478 e. The molecule has 0 atom stereocenters. The minimum absolute atomic E-state index is 0.0371. The van der Waals surface area contributed by atoms with Crippen molar-refractivity contribution in [1.29, 1.82) is 0 Å². The number of ether oxygens (including phenoxy) is 1. The maximum atomic E-state index is 12.9. The number of nitrogens with one attached hydrogen (secondary N) is 1. The Kier molecular flexibility index (Phi) is 6.33. The first-order valence-corrected chi connectivity index (χ1v) is 10.8. The molecular weight excluding hydrogens is 508 g/mol. The Labute approximate surface area is 201 Å². The fourth-order valence-corrected chi connectivity index (χ4v) is 3.69. The van der Waals surface area contributed by atoms with Crippen LogP contribution in [0.4, 0.5) is 5.69 Å². The molecule has 0 radical (unpaired) electrons. The Bertz CT molecular complexity index is 1340. The van der Waals surface area contributed by atoms with Crippen LogP contribution >= 0.6 is 15.9 Å². The topological polar surface area (TPSA) is 126 Å². The van der Waals surface area contributed by atoms with Crippen molar-refractivity contribution in [2.45, 2.75) is 6.92 Å². The van der Waals surface area contributed by atoms with Crippen LogP contribution in [0.1, 0.15) is 33.4 Å². The molecule has 0 spiro atoms. The summed E-state index contributed by atoms with van der Waals surface area (Å²) in [6.07, 6.45) is 1.29. The Morgan fingerprint density at radius 3 is 2.53 bits per heavy atom. The van der Waals surface area contributed by atoms with Gasteiger partial charge in [0.05, 0.1) is 23.4 Å². The predicted octanol–water partition coefficient (Wildman–Crippen LogP) is 4.05. The number of anilines is 1. The Morgan fingerprint density at radius 1 is 1.12 bits per heavy atom. The van der Waals surface area contributed by atoms with Crippen molar-refractivity contribution in [3.8, 4) is 11.3 Å². The quantitative estimate of drug-likeness (QED) is 0.283. The van der Waals surface area contributed by atoms with E-state index < -0.39 is 23.8 Å². The summed E-state index contributed by atoms with van der Waals surface area (Å²) >= 11 is 3.24. The predicted molar refractivity (Wildman–Crippen MR) is 125 cm³/mol. The highest BCUT2D eigenvalue weighted by atomic mass is 79.9. The van der Waals surface area contributed by atoms with Crippen LogP contribution in [0.3, 0.4) is 0 Å². The molecule has 1 aromatic heterocycles. The van der Waals surface area contributed by atoms with Crippen LogP contribution in [0.25, 0.3) is 17.4 Å². The number of carboxylic acid groups (broad SMARTS) is 1. The standard InChI is InChI=1S/C24H17BrN2O7/c1-2-33-24(32)13-3-6-15(7-4-13)27-22(29)19(21(28)26-27)12-16-8-10-20(34-16)17-9-5-14(25)11-18(17)23(30)31/h3-12H,2H2,1H3,(H,26,28)(H,30,31)/b19-12-. The zero-order valence-electron chi connectivity index (χ0n) is 17.7. The third-order valence-electron chi connectivity index (χ3n) is 4.92. The molecule has 10 heteroatoms. The van der Waals surface area contributed by atoms with E-state index in [1.807, 2.05) is 0 Å². The summed E-state index contributed by atoms with van der Waals surface area (Å²) in [5, 5.41) is 10.5. The number of benzene rings is 2. The average molecular weight is 525 g/mol. The van der Waals surface area contributed by atoms with Crippen LogP contribution in [0, 0.1) is 0 Å². The van der Waals surface area contributed by atoms with E-state index in [-0.39, 0.29) is 29.3 Å². The first-order valence-electron chi connectivity index (χ1n) is 10.1. The van der Waals surface area contributed by atoms with Gasteiger partial charge < -0.3 is 14.3 Å². The van der Waals surface area contributed by atoms with Crippen LogP contribution in [0.5, 0.6) is 0 Å². The summed E-state index contributed by atoms with van der Waals surface area (Å²) in [7, 11) is 0. The number of hydrogen-bond donors (Lipinski definition) is 2. The summed E-state index contributed by atoms with van der Waals surface area (Å²) in [6.45, 7) is 1.94. The summed E-state index contributed by atoms with van der Waals surface area (Å²) in [5.74, 6) is -2.38. The average Bonchev–Trinajstić information content (AvgIpc) is 3.39. The van der Waals surface area contributed by atoms with Crippen molar-refractivity contribution in [1.82, 2.24) is 5.43 Å². The molecule has 4 rings (SSSR count). The van der Waals surface area contributed by atoms with Gasteiger partial charge in [0.1, 0.15) is 17.1 Å². The molecule has 1 aliphatic heterocycles. The highest BCUT2D eigenvalue weighted by Gasteiger charge is 2.35. The molecule has 0 saturated carbocycles. The van der Waals surface area contributed by atoms with Gasteiger partial charge in [-0.2, -0.15) is 0 Å². The number of carboxylic acids is 1. The lowest BCUT2D eigenvalue weighted by Gasteiger charge is -2.14. The minimum Gasteiger partial charge on any atom is -0.478 e. The molecule has 9 nitrogen and oxygen atoms in total. The van der Waals surface area contributed by atoms with Crippen LogP contribution in [0.15, 0.2) is 69.1 Å². The van der Waals surface area contributed by atoms with Crippen molar-refractivity contribution < 1.29 is 33.4 Å². The molecule has 2 aromatic carbocycles. The number of carbonyl (C=O) groups excluding carboxylic acids is 3. The number of furan rings is 1. The summed E-state index contributed by atoms with van der Waals surface area (Å²) in [4.78, 5) is 48.7. The van der Waals surface area contributed by atoms with Gasteiger partial charge in [0.25, 0.3) is 11.8 Å². The third-order valence-corrected chi connectivity index (χ3v) is 5.41. The molecule has 1 saturated heterocycles. The lowest BCUT2D eigenvalue weighted by atomic mass is 10.1. The highest BCUT2D eigenvalue weighted by Crippen LogP contribution is 2.30. The number of rotatable bonds is 6. The lowest BCUT2D eigenvalue weighted by molar-refractivity contribution is -0.117. The van der Waals surface area contributed by atoms with E-state index in [9.17, 15) is 24.3 Å². The van der Waals surface area contributed by atoms with E-state index in [0.29, 0.717) is 21.3 Å². The molecule has 0 unspecified atom stereocenters. The van der Waals surface area contributed by atoms with Crippen molar-refractivity contribution in [2.24, 2.45) is 0 Å². The van der Waals surface area contributed by atoms with Gasteiger partial charge in [-0.15, -0.1) is 0 Å². The Morgan fingerprint density at radius 2 is 1.85 bits per heavy atom. The van der Waals surface area contributed by atoms with Gasteiger partial charge in [-0.25, -0.2) is 14.6 Å². The molecule has 1 aliphatic rings. The summed E-state index contributed by atoms with van der Waals surface area (Å²) < 4.78 is 11.2. The second kappa shape index (κ2) is 9.36. The molecule has 172 valence electrons. The van der Waals surface area contributed by atoms with Crippen LogP contribution in [-0.4, -0.2) is 35.5 Å². The molecule has 34 heavy (non-hydrogen) atoms. The minimum atomic E-state index is -1.12. The number of hydrazine groups is 1. The highest BCUT2D eigenvalue weighted by molar-refractivity contribution is 9.10. The van der Waals surface area contributed by atoms with E-state index in [4.69, 9.17) is 9.15 Å². The first kappa shape index (κ1) is 23.0.